The molecule has 2 aromatic rings. The molecule has 0 bridgehead atoms. The fraction of sp³-hybridized carbons (Fsp3) is 0.412. The van der Waals surface area contributed by atoms with Crippen LogP contribution in [0.5, 0.6) is 0 Å². The van der Waals surface area contributed by atoms with E-state index >= 15 is 0 Å². The second kappa shape index (κ2) is 7.63. The zero-order chi connectivity index (χ0) is 13.8. The van der Waals surface area contributed by atoms with E-state index in [0.717, 1.165) is 18.4 Å². The van der Waals surface area contributed by atoms with Crippen molar-refractivity contribution >= 4 is 23.2 Å². The van der Waals surface area contributed by atoms with Crippen LogP contribution >= 0.6 is 12.4 Å². The fourth-order valence-corrected chi connectivity index (χ4v) is 2.32. The molecule has 0 saturated heterocycles. The van der Waals surface area contributed by atoms with Crippen LogP contribution in [-0.4, -0.2) is 11.2 Å². The number of fused-ring (bicyclic) bond motifs is 1. The van der Waals surface area contributed by atoms with E-state index in [0.29, 0.717) is 5.92 Å². The van der Waals surface area contributed by atoms with Gasteiger partial charge in [-0.1, -0.05) is 50.2 Å². The molecule has 0 saturated carbocycles. The van der Waals surface area contributed by atoms with Gasteiger partial charge in [-0.25, -0.2) is 0 Å². The van der Waals surface area contributed by atoms with Gasteiger partial charge < -0.3 is 10.8 Å². The van der Waals surface area contributed by atoms with Gasteiger partial charge in [-0.2, -0.15) is 0 Å². The molecule has 2 aromatic carbocycles. The van der Waals surface area contributed by atoms with Crippen LogP contribution in [0.4, 0.5) is 0 Å². The number of rotatable bonds is 5. The van der Waals surface area contributed by atoms with Gasteiger partial charge in [-0.05, 0) is 41.2 Å². The molecule has 2 rings (SSSR count). The average molecular weight is 294 g/mol. The van der Waals surface area contributed by atoms with E-state index in [1.54, 1.807) is 0 Å². The monoisotopic (exact) mass is 293 g/mol. The van der Waals surface area contributed by atoms with E-state index in [-0.39, 0.29) is 18.4 Å². The first-order valence-electron chi connectivity index (χ1n) is 7.00. The predicted octanol–water partition coefficient (Wildman–Crippen LogP) is 4.06. The molecule has 0 fully saturated rings. The van der Waals surface area contributed by atoms with Crippen LogP contribution in [0.3, 0.4) is 0 Å². The molecule has 0 unspecified atom stereocenters. The summed E-state index contributed by atoms with van der Waals surface area (Å²) in [4.78, 5) is 0. The normalized spacial score (nSPS) is 14.1. The molecular weight excluding hydrogens is 270 g/mol. The van der Waals surface area contributed by atoms with Crippen molar-refractivity contribution in [1.82, 2.24) is 0 Å². The van der Waals surface area contributed by atoms with Crippen LogP contribution in [0.1, 0.15) is 38.3 Å². The first-order chi connectivity index (χ1) is 9.08. The van der Waals surface area contributed by atoms with Crippen molar-refractivity contribution in [2.24, 2.45) is 11.7 Å². The molecule has 3 heteroatoms. The van der Waals surface area contributed by atoms with E-state index in [2.05, 4.69) is 38.1 Å². The van der Waals surface area contributed by atoms with Gasteiger partial charge in [-0.3, -0.25) is 0 Å². The lowest BCUT2D eigenvalue weighted by molar-refractivity contribution is 0.128. The second-order valence-corrected chi connectivity index (χ2v) is 5.67. The van der Waals surface area contributed by atoms with Gasteiger partial charge in [0.05, 0.1) is 12.1 Å². The maximum atomic E-state index is 10.2. The quantitative estimate of drug-likeness (QED) is 0.873. The van der Waals surface area contributed by atoms with Crippen molar-refractivity contribution < 1.29 is 5.11 Å². The first-order valence-corrected chi connectivity index (χ1v) is 7.00. The Bertz CT molecular complexity index is 541. The Morgan fingerprint density at radius 2 is 1.65 bits per heavy atom. The number of aliphatic hydroxyl groups excluding tert-OH is 1. The third kappa shape index (κ3) is 4.20. The highest BCUT2D eigenvalue weighted by atomic mass is 35.5. The predicted molar refractivity (Wildman–Crippen MR) is 88.2 cm³/mol. The van der Waals surface area contributed by atoms with Crippen molar-refractivity contribution in [2.45, 2.75) is 38.8 Å². The van der Waals surface area contributed by atoms with Gasteiger partial charge in [0, 0.05) is 0 Å². The van der Waals surface area contributed by atoms with Gasteiger partial charge in [-0.15, -0.1) is 12.4 Å². The molecule has 3 N–H and O–H groups in total. The Kier molecular flexibility index (Phi) is 6.47. The molecule has 0 radical (unpaired) electrons. The number of hydrogen-bond acceptors (Lipinski definition) is 2. The van der Waals surface area contributed by atoms with Crippen LogP contribution in [0.25, 0.3) is 10.8 Å². The molecule has 0 aromatic heterocycles. The molecule has 2 atom stereocenters. The maximum Gasteiger partial charge on any atom is 0.0732 e. The van der Waals surface area contributed by atoms with E-state index in [9.17, 15) is 5.11 Å². The Morgan fingerprint density at radius 3 is 2.30 bits per heavy atom. The minimum Gasteiger partial charge on any atom is -0.391 e. The summed E-state index contributed by atoms with van der Waals surface area (Å²) in [5.74, 6) is 0.596. The second-order valence-electron chi connectivity index (χ2n) is 5.67. The number of halogens is 1. The lowest BCUT2D eigenvalue weighted by Crippen LogP contribution is -2.26. The van der Waals surface area contributed by atoms with Gasteiger partial charge in [0.2, 0.25) is 0 Å². The van der Waals surface area contributed by atoms with Crippen molar-refractivity contribution in [3.63, 3.8) is 0 Å². The molecule has 0 heterocycles. The summed E-state index contributed by atoms with van der Waals surface area (Å²) < 4.78 is 0. The fourth-order valence-electron chi connectivity index (χ4n) is 2.32. The molecule has 110 valence electrons. The third-order valence-electron chi connectivity index (χ3n) is 3.61. The summed E-state index contributed by atoms with van der Waals surface area (Å²) in [5.41, 5.74) is 7.17. The Morgan fingerprint density at radius 1 is 1.00 bits per heavy atom. The van der Waals surface area contributed by atoms with E-state index < -0.39 is 6.10 Å². The first kappa shape index (κ1) is 17.0. The van der Waals surface area contributed by atoms with Crippen LogP contribution in [0, 0.1) is 5.92 Å². The number of benzene rings is 2. The summed E-state index contributed by atoms with van der Waals surface area (Å²) in [7, 11) is 0. The summed E-state index contributed by atoms with van der Waals surface area (Å²) in [5, 5.41) is 12.5. The van der Waals surface area contributed by atoms with E-state index in [1.165, 1.54) is 10.8 Å². The summed E-state index contributed by atoms with van der Waals surface area (Å²) >= 11 is 0. The third-order valence-corrected chi connectivity index (χ3v) is 3.61. The smallest absolute Gasteiger partial charge is 0.0732 e. The van der Waals surface area contributed by atoms with E-state index in [4.69, 9.17) is 5.73 Å². The molecule has 2 nitrogen and oxygen atoms in total. The van der Waals surface area contributed by atoms with Gasteiger partial charge in [0.1, 0.15) is 0 Å². The zero-order valence-electron chi connectivity index (χ0n) is 12.1. The minimum atomic E-state index is -0.469. The van der Waals surface area contributed by atoms with E-state index in [1.807, 2.05) is 18.2 Å². The summed E-state index contributed by atoms with van der Waals surface area (Å²) in [6.45, 7) is 4.32. The lowest BCUT2D eigenvalue weighted by Gasteiger charge is -2.20. The molecule has 0 aliphatic carbocycles. The van der Waals surface area contributed by atoms with Crippen molar-refractivity contribution in [2.75, 3.05) is 0 Å². The van der Waals surface area contributed by atoms with Crippen LogP contribution in [-0.2, 0) is 0 Å². The molecule has 20 heavy (non-hydrogen) atoms. The minimum absolute atomic E-state index is 0. The Balaban J connectivity index is 0.00000200. The maximum absolute atomic E-state index is 10.2. The molecule has 0 spiro atoms. The molecule has 0 amide bonds. The van der Waals surface area contributed by atoms with Crippen molar-refractivity contribution in [3.8, 4) is 0 Å². The van der Waals surface area contributed by atoms with Gasteiger partial charge in [0.25, 0.3) is 0 Å². The highest BCUT2D eigenvalue weighted by Crippen LogP contribution is 2.23. The number of nitrogens with two attached hydrogens (primary N) is 1. The van der Waals surface area contributed by atoms with Crippen LogP contribution < -0.4 is 5.73 Å². The SMILES string of the molecule is CC(C)CC[C@@H](O)[C@@H](N)c1ccc2ccccc2c1.Cl. The van der Waals surface area contributed by atoms with Gasteiger partial charge in [0.15, 0.2) is 0 Å². The van der Waals surface area contributed by atoms with Crippen molar-refractivity contribution in [3.05, 3.63) is 48.0 Å². The number of hydrogen-bond donors (Lipinski definition) is 2. The van der Waals surface area contributed by atoms with Crippen LogP contribution in [0.15, 0.2) is 42.5 Å². The van der Waals surface area contributed by atoms with Gasteiger partial charge >= 0.3 is 0 Å². The Hall–Kier alpha value is -1.09. The molecular formula is C17H24ClNO. The largest absolute Gasteiger partial charge is 0.391 e. The zero-order valence-corrected chi connectivity index (χ0v) is 12.9. The summed E-state index contributed by atoms with van der Waals surface area (Å²) in [6.07, 6.45) is 1.29. The van der Waals surface area contributed by atoms with Crippen molar-refractivity contribution in [1.29, 1.82) is 0 Å². The highest BCUT2D eigenvalue weighted by Gasteiger charge is 2.17. The number of aliphatic hydroxyl groups is 1. The topological polar surface area (TPSA) is 46.2 Å². The Labute approximate surface area is 127 Å². The molecule has 0 aliphatic heterocycles. The van der Waals surface area contributed by atoms with Crippen LogP contribution in [0.2, 0.25) is 0 Å². The molecule has 0 aliphatic rings. The average Bonchev–Trinajstić information content (AvgIpc) is 2.43. The lowest BCUT2D eigenvalue weighted by atomic mass is 9.94. The standard InChI is InChI=1S/C17H23NO.ClH/c1-12(2)7-10-16(19)17(18)15-9-8-13-5-3-4-6-14(13)11-15;/h3-6,8-9,11-12,16-17,19H,7,10,18H2,1-2H3;1H/t16-,17+;/m1./s1. The highest BCUT2D eigenvalue weighted by molar-refractivity contribution is 5.85. The summed E-state index contributed by atoms with van der Waals surface area (Å²) in [6, 6.07) is 14.1.